The molecule has 0 radical (unpaired) electrons. The van der Waals surface area contributed by atoms with Crippen molar-refractivity contribution < 1.29 is 9.18 Å². The van der Waals surface area contributed by atoms with E-state index in [1.165, 1.54) is 23.5 Å². The van der Waals surface area contributed by atoms with E-state index < -0.39 is 0 Å². The summed E-state index contributed by atoms with van der Waals surface area (Å²) >= 11 is 1.44. The number of aryl methyl sites for hydroxylation is 2. The summed E-state index contributed by atoms with van der Waals surface area (Å²) in [5, 5.41) is 2.67. The van der Waals surface area contributed by atoms with Crippen molar-refractivity contribution >= 4 is 22.9 Å². The monoisotopic (exact) mass is 249 g/mol. The van der Waals surface area contributed by atoms with E-state index in [9.17, 15) is 9.18 Å². The SMILES string of the molecule is Cc1cc(C(=O)Nc2cccc(F)c2)sc1C. The molecule has 0 aliphatic carbocycles. The average Bonchev–Trinajstić information content (AvgIpc) is 2.59. The number of carbonyl (C=O) groups is 1. The van der Waals surface area contributed by atoms with Gasteiger partial charge in [-0.2, -0.15) is 0 Å². The van der Waals surface area contributed by atoms with Gasteiger partial charge in [-0.05, 0) is 43.7 Å². The van der Waals surface area contributed by atoms with E-state index in [1.54, 1.807) is 12.1 Å². The molecule has 1 aromatic carbocycles. The van der Waals surface area contributed by atoms with Crippen LogP contribution in [0.4, 0.5) is 10.1 Å². The van der Waals surface area contributed by atoms with Crippen molar-refractivity contribution in [2.75, 3.05) is 5.32 Å². The maximum absolute atomic E-state index is 12.9. The van der Waals surface area contributed by atoms with Gasteiger partial charge in [0, 0.05) is 10.6 Å². The predicted octanol–water partition coefficient (Wildman–Crippen LogP) is 3.76. The highest BCUT2D eigenvalue weighted by Gasteiger charge is 2.10. The summed E-state index contributed by atoms with van der Waals surface area (Å²) in [6.45, 7) is 3.93. The minimum atomic E-state index is -0.360. The van der Waals surface area contributed by atoms with Gasteiger partial charge in [0.15, 0.2) is 0 Å². The molecular formula is C13H12FNOS. The van der Waals surface area contributed by atoms with Gasteiger partial charge in [0.25, 0.3) is 5.91 Å². The van der Waals surface area contributed by atoms with Crippen LogP contribution in [0.2, 0.25) is 0 Å². The number of hydrogen-bond donors (Lipinski definition) is 1. The van der Waals surface area contributed by atoms with Gasteiger partial charge in [0.05, 0.1) is 4.88 Å². The second kappa shape index (κ2) is 4.67. The fraction of sp³-hybridized carbons (Fsp3) is 0.154. The number of benzene rings is 1. The van der Waals surface area contributed by atoms with Crippen LogP contribution in [-0.4, -0.2) is 5.91 Å². The average molecular weight is 249 g/mol. The third-order valence-corrected chi connectivity index (χ3v) is 3.62. The summed E-state index contributed by atoms with van der Waals surface area (Å²) in [4.78, 5) is 13.6. The van der Waals surface area contributed by atoms with Crippen molar-refractivity contribution in [1.29, 1.82) is 0 Å². The van der Waals surface area contributed by atoms with E-state index in [-0.39, 0.29) is 11.7 Å². The van der Waals surface area contributed by atoms with Crippen LogP contribution in [0.5, 0.6) is 0 Å². The molecular weight excluding hydrogens is 237 g/mol. The third kappa shape index (κ3) is 2.71. The molecule has 88 valence electrons. The summed E-state index contributed by atoms with van der Waals surface area (Å²) in [6, 6.07) is 7.71. The molecule has 1 heterocycles. The number of rotatable bonds is 2. The van der Waals surface area contributed by atoms with Crippen molar-refractivity contribution in [2.24, 2.45) is 0 Å². The Hall–Kier alpha value is -1.68. The van der Waals surface area contributed by atoms with Gasteiger partial charge >= 0.3 is 0 Å². The maximum Gasteiger partial charge on any atom is 0.265 e. The number of amides is 1. The van der Waals surface area contributed by atoms with E-state index in [1.807, 2.05) is 19.9 Å². The Labute approximate surface area is 103 Å². The molecule has 0 aliphatic rings. The van der Waals surface area contributed by atoms with Gasteiger partial charge in [0.2, 0.25) is 0 Å². The Kier molecular flexibility index (Phi) is 3.24. The lowest BCUT2D eigenvalue weighted by Gasteiger charge is -2.02. The third-order valence-electron chi connectivity index (χ3n) is 2.47. The van der Waals surface area contributed by atoms with Crippen molar-refractivity contribution in [1.82, 2.24) is 0 Å². The Morgan fingerprint density at radius 1 is 1.29 bits per heavy atom. The molecule has 0 saturated heterocycles. The molecule has 1 amide bonds. The molecule has 17 heavy (non-hydrogen) atoms. The van der Waals surface area contributed by atoms with Crippen LogP contribution in [0.25, 0.3) is 0 Å². The van der Waals surface area contributed by atoms with E-state index in [0.717, 1.165) is 10.4 Å². The number of anilines is 1. The van der Waals surface area contributed by atoms with Gasteiger partial charge in [-0.15, -0.1) is 11.3 Å². The summed E-state index contributed by atoms with van der Waals surface area (Å²) < 4.78 is 12.9. The molecule has 0 bridgehead atoms. The van der Waals surface area contributed by atoms with Crippen LogP contribution >= 0.6 is 11.3 Å². The van der Waals surface area contributed by atoms with E-state index in [4.69, 9.17) is 0 Å². The van der Waals surface area contributed by atoms with Crippen LogP contribution in [-0.2, 0) is 0 Å². The Morgan fingerprint density at radius 2 is 2.06 bits per heavy atom. The standard InChI is InChI=1S/C13H12FNOS/c1-8-6-12(17-9(8)2)13(16)15-11-5-3-4-10(14)7-11/h3-7H,1-2H3,(H,15,16). The van der Waals surface area contributed by atoms with Gasteiger partial charge < -0.3 is 5.32 Å². The minimum absolute atomic E-state index is 0.197. The van der Waals surface area contributed by atoms with Gasteiger partial charge in [0.1, 0.15) is 5.82 Å². The van der Waals surface area contributed by atoms with Crippen LogP contribution in [0.1, 0.15) is 20.1 Å². The van der Waals surface area contributed by atoms with E-state index >= 15 is 0 Å². The number of carbonyl (C=O) groups excluding carboxylic acids is 1. The minimum Gasteiger partial charge on any atom is -0.321 e. The highest BCUT2D eigenvalue weighted by Crippen LogP contribution is 2.21. The first-order valence-corrected chi connectivity index (χ1v) is 6.02. The number of nitrogens with one attached hydrogen (secondary N) is 1. The first-order valence-electron chi connectivity index (χ1n) is 5.20. The molecule has 2 aromatic rings. The second-order valence-electron chi connectivity index (χ2n) is 3.81. The molecule has 4 heteroatoms. The largest absolute Gasteiger partial charge is 0.321 e. The maximum atomic E-state index is 12.9. The molecule has 1 N–H and O–H groups in total. The molecule has 0 spiro atoms. The lowest BCUT2D eigenvalue weighted by Crippen LogP contribution is -2.10. The van der Waals surface area contributed by atoms with Crippen LogP contribution in [0.3, 0.4) is 0 Å². The van der Waals surface area contributed by atoms with Gasteiger partial charge in [-0.25, -0.2) is 4.39 Å². The smallest absolute Gasteiger partial charge is 0.265 e. The lowest BCUT2D eigenvalue weighted by atomic mass is 10.2. The van der Waals surface area contributed by atoms with Crippen molar-refractivity contribution in [3.63, 3.8) is 0 Å². The highest BCUT2D eigenvalue weighted by atomic mass is 32.1. The summed E-state index contributed by atoms with van der Waals surface area (Å²) in [7, 11) is 0. The first-order chi connectivity index (χ1) is 8.06. The van der Waals surface area contributed by atoms with E-state index in [2.05, 4.69) is 5.32 Å². The van der Waals surface area contributed by atoms with Crippen LogP contribution in [0.15, 0.2) is 30.3 Å². The molecule has 2 rings (SSSR count). The molecule has 0 aliphatic heterocycles. The highest BCUT2D eigenvalue weighted by molar-refractivity contribution is 7.14. The zero-order valence-electron chi connectivity index (χ0n) is 9.58. The van der Waals surface area contributed by atoms with Gasteiger partial charge in [-0.3, -0.25) is 4.79 Å². The molecule has 0 unspecified atom stereocenters. The molecule has 0 fully saturated rings. The van der Waals surface area contributed by atoms with Crippen molar-refractivity contribution in [3.8, 4) is 0 Å². The topological polar surface area (TPSA) is 29.1 Å². The second-order valence-corrected chi connectivity index (χ2v) is 5.07. The van der Waals surface area contributed by atoms with E-state index in [0.29, 0.717) is 10.6 Å². The number of thiophene rings is 1. The summed E-state index contributed by atoms with van der Waals surface area (Å²) in [6.07, 6.45) is 0. The predicted molar refractivity (Wildman–Crippen MR) is 68.1 cm³/mol. The van der Waals surface area contributed by atoms with Gasteiger partial charge in [-0.1, -0.05) is 6.07 Å². The lowest BCUT2D eigenvalue weighted by molar-refractivity contribution is 0.103. The molecule has 2 nitrogen and oxygen atoms in total. The fourth-order valence-electron chi connectivity index (χ4n) is 1.44. The quantitative estimate of drug-likeness (QED) is 0.862. The molecule has 0 atom stereocenters. The van der Waals surface area contributed by atoms with Crippen molar-refractivity contribution in [3.05, 3.63) is 51.5 Å². The Balaban J connectivity index is 2.17. The molecule has 1 aromatic heterocycles. The van der Waals surface area contributed by atoms with Crippen LogP contribution < -0.4 is 5.32 Å². The zero-order valence-corrected chi connectivity index (χ0v) is 10.4. The normalized spacial score (nSPS) is 10.3. The first kappa shape index (κ1) is 11.8. The Bertz CT molecular complexity index is 543. The van der Waals surface area contributed by atoms with Crippen molar-refractivity contribution in [2.45, 2.75) is 13.8 Å². The van der Waals surface area contributed by atoms with Crippen LogP contribution in [0, 0.1) is 19.7 Å². The fourth-order valence-corrected chi connectivity index (χ4v) is 2.37. The Morgan fingerprint density at radius 3 is 2.65 bits per heavy atom. The molecule has 0 saturated carbocycles. The summed E-state index contributed by atoms with van der Waals surface area (Å²) in [5.41, 5.74) is 1.57. The number of halogens is 1. The zero-order chi connectivity index (χ0) is 12.4. The number of hydrogen-bond acceptors (Lipinski definition) is 2. The summed E-state index contributed by atoms with van der Waals surface area (Å²) in [5.74, 6) is -0.557.